The third kappa shape index (κ3) is 1.53. The Balaban J connectivity index is 2.02. The smallest absolute Gasteiger partial charge is 0.203 e. The van der Waals surface area contributed by atoms with Crippen LogP contribution in [0, 0.1) is 0 Å². The van der Waals surface area contributed by atoms with Gasteiger partial charge in [0.2, 0.25) is 5.95 Å². The van der Waals surface area contributed by atoms with Crippen LogP contribution in [-0.4, -0.2) is 16.1 Å². The molecule has 0 saturated carbocycles. The number of rotatable bonds is 2. The van der Waals surface area contributed by atoms with E-state index in [1.807, 2.05) is 0 Å². The number of hydrogen-bond acceptors (Lipinski definition) is 3. The third-order valence-electron chi connectivity index (χ3n) is 3.11. The number of fused-ring (bicyclic) bond motifs is 1. The Morgan fingerprint density at radius 1 is 1.62 bits per heavy atom. The lowest BCUT2D eigenvalue weighted by Crippen LogP contribution is -2.22. The van der Waals surface area contributed by atoms with Crippen molar-refractivity contribution in [2.75, 3.05) is 11.9 Å². The molecular weight excluding hydrogens is 218 g/mol. The lowest BCUT2D eigenvalue weighted by atomic mass is 10.1. The van der Waals surface area contributed by atoms with Gasteiger partial charge in [0.25, 0.3) is 0 Å². The van der Waals surface area contributed by atoms with Crippen molar-refractivity contribution in [1.29, 1.82) is 0 Å². The standard InChI is InChI=1S/C12H15N3S/c1-2-10-7-15-11(9-4-6-16-8-9)3-5-13-12(15)14-10/h4,6-8,11H,2-3,5H2,1H3,(H,13,14). The first-order valence-electron chi connectivity index (χ1n) is 5.72. The van der Waals surface area contributed by atoms with E-state index in [9.17, 15) is 0 Å². The van der Waals surface area contributed by atoms with E-state index in [0.717, 1.165) is 25.3 Å². The highest BCUT2D eigenvalue weighted by Crippen LogP contribution is 2.30. The zero-order valence-electron chi connectivity index (χ0n) is 9.31. The van der Waals surface area contributed by atoms with Crippen LogP contribution in [0.15, 0.2) is 23.0 Å². The minimum atomic E-state index is 0.468. The molecule has 3 heterocycles. The van der Waals surface area contributed by atoms with Gasteiger partial charge in [-0.25, -0.2) is 4.98 Å². The largest absolute Gasteiger partial charge is 0.356 e. The molecule has 1 aliphatic heterocycles. The van der Waals surface area contributed by atoms with Crippen LogP contribution in [0.3, 0.4) is 0 Å². The Hall–Kier alpha value is -1.29. The van der Waals surface area contributed by atoms with Gasteiger partial charge in [-0.15, -0.1) is 0 Å². The van der Waals surface area contributed by atoms with Crippen LogP contribution in [0.25, 0.3) is 0 Å². The van der Waals surface area contributed by atoms with Gasteiger partial charge in [-0.3, -0.25) is 0 Å². The van der Waals surface area contributed by atoms with Crippen molar-refractivity contribution in [2.45, 2.75) is 25.8 Å². The predicted molar refractivity (Wildman–Crippen MR) is 67.2 cm³/mol. The number of aryl methyl sites for hydroxylation is 1. The summed E-state index contributed by atoms with van der Waals surface area (Å²) in [7, 11) is 0. The molecule has 0 amide bonds. The van der Waals surface area contributed by atoms with E-state index in [0.29, 0.717) is 6.04 Å². The molecule has 3 rings (SSSR count). The molecule has 0 spiro atoms. The van der Waals surface area contributed by atoms with Gasteiger partial charge in [0.1, 0.15) is 0 Å². The number of nitrogens with one attached hydrogen (secondary N) is 1. The number of thiophene rings is 1. The molecule has 2 aromatic heterocycles. The van der Waals surface area contributed by atoms with Gasteiger partial charge < -0.3 is 9.88 Å². The van der Waals surface area contributed by atoms with Gasteiger partial charge in [-0.05, 0) is 35.2 Å². The van der Waals surface area contributed by atoms with Crippen LogP contribution >= 0.6 is 11.3 Å². The first kappa shape index (κ1) is 9.90. The van der Waals surface area contributed by atoms with Crippen molar-refractivity contribution in [2.24, 2.45) is 0 Å². The Labute approximate surface area is 99.1 Å². The molecule has 84 valence electrons. The van der Waals surface area contributed by atoms with E-state index in [2.05, 4.69) is 44.8 Å². The second kappa shape index (κ2) is 3.94. The molecule has 1 unspecified atom stereocenters. The first-order valence-corrected chi connectivity index (χ1v) is 6.66. The second-order valence-electron chi connectivity index (χ2n) is 4.10. The quantitative estimate of drug-likeness (QED) is 0.864. The first-order chi connectivity index (χ1) is 7.88. The van der Waals surface area contributed by atoms with E-state index in [-0.39, 0.29) is 0 Å². The summed E-state index contributed by atoms with van der Waals surface area (Å²) in [4.78, 5) is 4.58. The zero-order chi connectivity index (χ0) is 11.0. The molecule has 0 aliphatic carbocycles. The Morgan fingerprint density at radius 2 is 2.56 bits per heavy atom. The van der Waals surface area contributed by atoms with Crippen molar-refractivity contribution in [1.82, 2.24) is 9.55 Å². The highest BCUT2D eigenvalue weighted by Gasteiger charge is 2.22. The monoisotopic (exact) mass is 233 g/mol. The minimum Gasteiger partial charge on any atom is -0.356 e. The van der Waals surface area contributed by atoms with E-state index < -0.39 is 0 Å². The van der Waals surface area contributed by atoms with Gasteiger partial charge >= 0.3 is 0 Å². The lowest BCUT2D eigenvalue weighted by Gasteiger charge is -2.25. The number of hydrogen-bond donors (Lipinski definition) is 1. The molecule has 1 N–H and O–H groups in total. The summed E-state index contributed by atoms with van der Waals surface area (Å²) in [5.41, 5.74) is 2.58. The van der Waals surface area contributed by atoms with E-state index in [1.165, 1.54) is 11.3 Å². The second-order valence-corrected chi connectivity index (χ2v) is 4.88. The van der Waals surface area contributed by atoms with Gasteiger partial charge in [0, 0.05) is 12.7 Å². The average Bonchev–Trinajstić information content (AvgIpc) is 2.97. The van der Waals surface area contributed by atoms with E-state index in [1.54, 1.807) is 11.3 Å². The molecule has 3 nitrogen and oxygen atoms in total. The molecule has 0 radical (unpaired) electrons. The van der Waals surface area contributed by atoms with Crippen molar-refractivity contribution < 1.29 is 0 Å². The molecular formula is C12H15N3S. The molecule has 1 atom stereocenters. The van der Waals surface area contributed by atoms with Crippen LogP contribution in [-0.2, 0) is 6.42 Å². The summed E-state index contributed by atoms with van der Waals surface area (Å²) in [5, 5.41) is 7.75. The lowest BCUT2D eigenvalue weighted by molar-refractivity contribution is 0.531. The van der Waals surface area contributed by atoms with Gasteiger partial charge in [0.05, 0.1) is 11.7 Å². The number of nitrogens with zero attached hydrogens (tertiary/aromatic N) is 2. The van der Waals surface area contributed by atoms with Crippen LogP contribution in [0.2, 0.25) is 0 Å². The fraction of sp³-hybridized carbons (Fsp3) is 0.417. The van der Waals surface area contributed by atoms with Gasteiger partial charge in [0.15, 0.2) is 0 Å². The van der Waals surface area contributed by atoms with Gasteiger partial charge in [-0.2, -0.15) is 11.3 Å². The third-order valence-corrected chi connectivity index (χ3v) is 3.81. The SMILES string of the molecule is CCc1cn2c(n1)NCCC2c1ccsc1. The number of imidazole rings is 1. The van der Waals surface area contributed by atoms with Crippen molar-refractivity contribution in [3.8, 4) is 0 Å². The van der Waals surface area contributed by atoms with Crippen LogP contribution in [0.4, 0.5) is 5.95 Å². The minimum absolute atomic E-state index is 0.468. The topological polar surface area (TPSA) is 29.9 Å². The van der Waals surface area contributed by atoms with E-state index >= 15 is 0 Å². The molecule has 16 heavy (non-hydrogen) atoms. The molecule has 0 aromatic carbocycles. The van der Waals surface area contributed by atoms with Crippen molar-refractivity contribution >= 4 is 17.3 Å². The fourth-order valence-corrected chi connectivity index (χ4v) is 2.94. The van der Waals surface area contributed by atoms with Crippen LogP contribution < -0.4 is 5.32 Å². The maximum atomic E-state index is 4.58. The zero-order valence-corrected chi connectivity index (χ0v) is 10.1. The summed E-state index contributed by atoms with van der Waals surface area (Å²) < 4.78 is 2.28. The average molecular weight is 233 g/mol. The highest BCUT2D eigenvalue weighted by molar-refractivity contribution is 7.07. The fourth-order valence-electron chi connectivity index (χ4n) is 2.23. The number of anilines is 1. The Morgan fingerprint density at radius 3 is 3.31 bits per heavy atom. The van der Waals surface area contributed by atoms with E-state index in [4.69, 9.17) is 0 Å². The molecule has 1 aliphatic rings. The van der Waals surface area contributed by atoms with Gasteiger partial charge in [-0.1, -0.05) is 6.92 Å². The number of aromatic nitrogens is 2. The Bertz CT molecular complexity index is 472. The molecule has 2 aromatic rings. The highest BCUT2D eigenvalue weighted by atomic mass is 32.1. The molecule has 4 heteroatoms. The molecule has 0 fully saturated rings. The summed E-state index contributed by atoms with van der Waals surface area (Å²) in [6, 6.07) is 2.69. The summed E-state index contributed by atoms with van der Waals surface area (Å²) >= 11 is 1.77. The maximum Gasteiger partial charge on any atom is 0.203 e. The van der Waals surface area contributed by atoms with Crippen LogP contribution in [0.5, 0.6) is 0 Å². The Kier molecular flexibility index (Phi) is 2.44. The summed E-state index contributed by atoms with van der Waals surface area (Å²) in [5.74, 6) is 1.03. The van der Waals surface area contributed by atoms with Crippen molar-refractivity contribution in [3.63, 3.8) is 0 Å². The molecule has 0 bridgehead atoms. The maximum absolute atomic E-state index is 4.58. The predicted octanol–water partition coefficient (Wildman–Crippen LogP) is 2.91. The summed E-state index contributed by atoms with van der Waals surface area (Å²) in [6.45, 7) is 3.16. The normalized spacial score (nSPS) is 19.2. The van der Waals surface area contributed by atoms with Crippen molar-refractivity contribution in [3.05, 3.63) is 34.3 Å². The van der Waals surface area contributed by atoms with Crippen LogP contribution in [0.1, 0.15) is 30.6 Å². The molecule has 0 saturated heterocycles. The summed E-state index contributed by atoms with van der Waals surface area (Å²) in [6.07, 6.45) is 4.32.